The van der Waals surface area contributed by atoms with Crippen molar-refractivity contribution in [2.24, 2.45) is 0 Å². The van der Waals surface area contributed by atoms with Gasteiger partial charge >= 0.3 is 0 Å². The van der Waals surface area contributed by atoms with Crippen molar-refractivity contribution < 1.29 is 9.15 Å². The molecule has 2 aromatic rings. The lowest BCUT2D eigenvalue weighted by Gasteiger charge is -2.14. The van der Waals surface area contributed by atoms with E-state index in [1.165, 1.54) is 11.1 Å². The van der Waals surface area contributed by atoms with Crippen molar-refractivity contribution in [2.75, 3.05) is 13.7 Å². The first-order valence-corrected chi connectivity index (χ1v) is 7.24. The quantitative estimate of drug-likeness (QED) is 0.905. The molecular weight excluding hydrogens is 250 g/mol. The molecule has 3 nitrogen and oxygen atoms in total. The molecule has 1 unspecified atom stereocenters. The van der Waals surface area contributed by atoms with E-state index in [0.717, 1.165) is 43.1 Å². The van der Waals surface area contributed by atoms with Crippen molar-refractivity contribution in [3.05, 3.63) is 53.0 Å². The van der Waals surface area contributed by atoms with Crippen LogP contribution < -0.4 is 10.1 Å². The highest BCUT2D eigenvalue weighted by atomic mass is 16.5. The average molecular weight is 271 g/mol. The molecule has 1 aliphatic rings. The third kappa shape index (κ3) is 2.73. The van der Waals surface area contributed by atoms with E-state index in [-0.39, 0.29) is 6.04 Å². The summed E-state index contributed by atoms with van der Waals surface area (Å²) in [7, 11) is 1.99. The molecule has 1 aromatic heterocycles. The first kappa shape index (κ1) is 13.3. The fourth-order valence-electron chi connectivity index (χ4n) is 2.78. The zero-order valence-electron chi connectivity index (χ0n) is 12.1. The molecule has 1 atom stereocenters. The van der Waals surface area contributed by atoms with Gasteiger partial charge in [0.2, 0.25) is 0 Å². The van der Waals surface area contributed by atoms with Crippen molar-refractivity contribution >= 4 is 0 Å². The number of furan rings is 1. The Bertz CT molecular complexity index is 588. The summed E-state index contributed by atoms with van der Waals surface area (Å²) in [5.41, 5.74) is 2.72. The Hall–Kier alpha value is -1.74. The summed E-state index contributed by atoms with van der Waals surface area (Å²) in [6.45, 7) is 2.81. The van der Waals surface area contributed by atoms with Gasteiger partial charge in [-0.05, 0) is 56.1 Å². The van der Waals surface area contributed by atoms with Gasteiger partial charge in [-0.2, -0.15) is 0 Å². The van der Waals surface area contributed by atoms with E-state index in [9.17, 15) is 0 Å². The topological polar surface area (TPSA) is 34.4 Å². The van der Waals surface area contributed by atoms with Crippen LogP contribution in [0.25, 0.3) is 0 Å². The molecule has 0 fully saturated rings. The minimum absolute atomic E-state index is 0.271. The van der Waals surface area contributed by atoms with Crippen molar-refractivity contribution in [2.45, 2.75) is 32.2 Å². The van der Waals surface area contributed by atoms with Crippen LogP contribution in [0.3, 0.4) is 0 Å². The molecule has 3 heteroatoms. The molecule has 1 N–H and O–H groups in total. The van der Waals surface area contributed by atoms with E-state index in [0.29, 0.717) is 0 Å². The highest BCUT2D eigenvalue weighted by Gasteiger charge is 2.15. The Morgan fingerprint density at radius 1 is 1.25 bits per heavy atom. The molecule has 1 aliphatic heterocycles. The van der Waals surface area contributed by atoms with Gasteiger partial charge in [-0.3, -0.25) is 0 Å². The number of nitrogens with one attached hydrogen (secondary N) is 1. The smallest absolute Gasteiger partial charge is 0.122 e. The molecule has 0 saturated heterocycles. The van der Waals surface area contributed by atoms with Crippen molar-refractivity contribution in [3.63, 3.8) is 0 Å². The predicted molar refractivity (Wildman–Crippen MR) is 79.2 cm³/mol. The summed E-state index contributed by atoms with van der Waals surface area (Å²) in [4.78, 5) is 0. The van der Waals surface area contributed by atoms with Gasteiger partial charge in [-0.1, -0.05) is 12.1 Å². The second-order valence-electron chi connectivity index (χ2n) is 5.37. The third-order valence-corrected chi connectivity index (χ3v) is 3.93. The van der Waals surface area contributed by atoms with E-state index in [1.54, 1.807) is 0 Å². The third-order valence-electron chi connectivity index (χ3n) is 3.93. The summed E-state index contributed by atoms with van der Waals surface area (Å²) in [6.07, 6.45) is 3.11. The summed E-state index contributed by atoms with van der Waals surface area (Å²) in [6, 6.07) is 10.9. The molecule has 0 aliphatic carbocycles. The van der Waals surface area contributed by atoms with Crippen LogP contribution in [0.1, 0.15) is 35.1 Å². The zero-order chi connectivity index (χ0) is 13.9. The van der Waals surface area contributed by atoms with Gasteiger partial charge in [0, 0.05) is 6.42 Å². The van der Waals surface area contributed by atoms with Gasteiger partial charge < -0.3 is 14.5 Å². The molecule has 0 saturated carbocycles. The molecule has 3 rings (SSSR count). The Morgan fingerprint density at radius 2 is 2.15 bits per heavy atom. The fraction of sp³-hybridized carbons (Fsp3) is 0.412. The predicted octanol–water partition coefficient (Wildman–Crippen LogP) is 3.42. The van der Waals surface area contributed by atoms with Crippen molar-refractivity contribution in [3.8, 4) is 5.75 Å². The minimum Gasteiger partial charge on any atom is -0.493 e. The van der Waals surface area contributed by atoms with Gasteiger partial charge in [0.15, 0.2) is 0 Å². The van der Waals surface area contributed by atoms with Crippen LogP contribution in [-0.4, -0.2) is 13.7 Å². The number of hydrogen-bond acceptors (Lipinski definition) is 3. The van der Waals surface area contributed by atoms with Crippen LogP contribution in [0.5, 0.6) is 5.75 Å². The molecule has 0 spiro atoms. The molecule has 2 heterocycles. The number of rotatable bonds is 5. The maximum Gasteiger partial charge on any atom is 0.122 e. The van der Waals surface area contributed by atoms with Crippen LogP contribution in [0.15, 0.2) is 34.7 Å². The minimum atomic E-state index is 0.271. The largest absolute Gasteiger partial charge is 0.493 e. The maximum atomic E-state index is 5.72. The van der Waals surface area contributed by atoms with E-state index < -0.39 is 0 Å². The number of fused-ring (bicyclic) bond motifs is 1. The first-order valence-electron chi connectivity index (χ1n) is 7.24. The maximum absolute atomic E-state index is 5.72. The van der Waals surface area contributed by atoms with Gasteiger partial charge in [0.05, 0.1) is 12.6 Å². The summed E-state index contributed by atoms with van der Waals surface area (Å²) in [5, 5.41) is 3.34. The van der Waals surface area contributed by atoms with E-state index in [2.05, 4.69) is 29.6 Å². The standard InChI is InChI=1S/C17H21NO2/c1-12-3-7-17(20-12)15(18-2)6-4-13-5-8-16-14(11-13)9-10-19-16/h3,5,7-8,11,15,18H,4,6,9-10H2,1-2H3. The SMILES string of the molecule is CNC(CCc1ccc2c(c1)CCO2)c1ccc(C)o1. The molecule has 0 bridgehead atoms. The van der Waals surface area contributed by atoms with Crippen LogP contribution in [0, 0.1) is 6.92 Å². The van der Waals surface area contributed by atoms with Crippen molar-refractivity contribution in [1.82, 2.24) is 5.32 Å². The summed E-state index contributed by atoms with van der Waals surface area (Å²) in [5.74, 6) is 3.05. The van der Waals surface area contributed by atoms with Gasteiger partial charge in [-0.15, -0.1) is 0 Å². The van der Waals surface area contributed by atoms with Gasteiger partial charge in [0.1, 0.15) is 17.3 Å². The molecule has 1 aromatic carbocycles. The first-order chi connectivity index (χ1) is 9.76. The van der Waals surface area contributed by atoms with E-state index in [4.69, 9.17) is 9.15 Å². The highest BCUT2D eigenvalue weighted by molar-refractivity contribution is 5.39. The Balaban J connectivity index is 1.66. The van der Waals surface area contributed by atoms with Crippen LogP contribution in [0.4, 0.5) is 0 Å². The lowest BCUT2D eigenvalue weighted by atomic mass is 10.0. The lowest BCUT2D eigenvalue weighted by molar-refractivity contribution is 0.356. The average Bonchev–Trinajstić information content (AvgIpc) is 3.08. The summed E-state index contributed by atoms with van der Waals surface area (Å²) < 4.78 is 11.3. The highest BCUT2D eigenvalue weighted by Crippen LogP contribution is 2.27. The van der Waals surface area contributed by atoms with Crippen LogP contribution >= 0.6 is 0 Å². The molecule has 0 amide bonds. The number of benzene rings is 1. The van der Waals surface area contributed by atoms with E-state index >= 15 is 0 Å². The van der Waals surface area contributed by atoms with Crippen molar-refractivity contribution in [1.29, 1.82) is 0 Å². The number of hydrogen-bond donors (Lipinski definition) is 1. The molecule has 106 valence electrons. The van der Waals surface area contributed by atoms with Gasteiger partial charge in [-0.25, -0.2) is 0 Å². The Labute approximate surface area is 119 Å². The fourth-order valence-corrected chi connectivity index (χ4v) is 2.78. The second-order valence-corrected chi connectivity index (χ2v) is 5.37. The molecular formula is C17H21NO2. The lowest BCUT2D eigenvalue weighted by Crippen LogP contribution is -2.16. The Kier molecular flexibility index (Phi) is 3.79. The monoisotopic (exact) mass is 271 g/mol. The second kappa shape index (κ2) is 5.71. The molecule has 20 heavy (non-hydrogen) atoms. The van der Waals surface area contributed by atoms with Crippen LogP contribution in [-0.2, 0) is 12.8 Å². The van der Waals surface area contributed by atoms with Crippen LogP contribution in [0.2, 0.25) is 0 Å². The Morgan fingerprint density at radius 3 is 2.90 bits per heavy atom. The van der Waals surface area contributed by atoms with E-state index in [1.807, 2.05) is 20.0 Å². The molecule has 0 radical (unpaired) electrons. The zero-order valence-corrected chi connectivity index (χ0v) is 12.1. The van der Waals surface area contributed by atoms with Gasteiger partial charge in [0.25, 0.3) is 0 Å². The summed E-state index contributed by atoms with van der Waals surface area (Å²) >= 11 is 0. The normalized spacial score (nSPS) is 14.9. The number of aryl methyl sites for hydroxylation is 2. The number of ether oxygens (including phenoxy) is 1.